The van der Waals surface area contributed by atoms with E-state index in [-0.39, 0.29) is 17.6 Å². The van der Waals surface area contributed by atoms with E-state index in [1.54, 1.807) is 23.0 Å². The number of rotatable bonds is 8. The summed E-state index contributed by atoms with van der Waals surface area (Å²) < 4.78 is 30.9. The van der Waals surface area contributed by atoms with E-state index in [1.807, 2.05) is 26.1 Å². The fourth-order valence-corrected chi connectivity index (χ4v) is 3.65. The number of nitrogens with zero attached hydrogens (tertiary/aromatic N) is 4. The summed E-state index contributed by atoms with van der Waals surface area (Å²) in [5.41, 5.74) is 2.90. The number of fused-ring (bicyclic) bond motifs is 1. The van der Waals surface area contributed by atoms with Crippen molar-refractivity contribution >= 4 is 11.5 Å². The van der Waals surface area contributed by atoms with Crippen LogP contribution in [0.5, 0.6) is 0 Å². The Morgan fingerprint density at radius 3 is 2.71 bits per heavy atom. The average Bonchev–Trinajstić information content (AvgIpc) is 3.36. The van der Waals surface area contributed by atoms with Crippen molar-refractivity contribution in [1.82, 2.24) is 29.7 Å². The van der Waals surface area contributed by atoms with Gasteiger partial charge in [-0.2, -0.15) is 0 Å². The number of pyridine rings is 2. The van der Waals surface area contributed by atoms with E-state index in [2.05, 4.69) is 37.5 Å². The van der Waals surface area contributed by atoms with Crippen molar-refractivity contribution in [3.8, 4) is 22.6 Å². The van der Waals surface area contributed by atoms with E-state index < -0.39 is 11.6 Å². The van der Waals surface area contributed by atoms with Gasteiger partial charge >= 0.3 is 0 Å². The van der Waals surface area contributed by atoms with Gasteiger partial charge in [0.25, 0.3) is 0 Å². The van der Waals surface area contributed by atoms with Crippen LogP contribution >= 0.6 is 0 Å². The van der Waals surface area contributed by atoms with E-state index >= 15 is 0 Å². The highest BCUT2D eigenvalue weighted by molar-refractivity contribution is 5.68. The number of aromatic amines is 1. The molecular weight excluding hydrogens is 400 g/mol. The van der Waals surface area contributed by atoms with Gasteiger partial charge in [0.15, 0.2) is 17.5 Å². The zero-order chi connectivity index (χ0) is 22.0. The van der Waals surface area contributed by atoms with Crippen LogP contribution in [0.3, 0.4) is 0 Å². The second-order valence-corrected chi connectivity index (χ2v) is 7.51. The summed E-state index contributed by atoms with van der Waals surface area (Å²) in [6.45, 7) is 4.58. The molecule has 0 amide bonds. The second-order valence-electron chi connectivity index (χ2n) is 7.51. The van der Waals surface area contributed by atoms with Gasteiger partial charge in [-0.3, -0.25) is 4.40 Å². The van der Waals surface area contributed by atoms with Gasteiger partial charge in [-0.05, 0) is 32.5 Å². The molecule has 4 aromatic rings. The molecule has 0 bridgehead atoms. The van der Waals surface area contributed by atoms with E-state index in [4.69, 9.17) is 0 Å². The minimum absolute atomic E-state index is 0.0158. The first-order chi connectivity index (χ1) is 15.0. The third kappa shape index (κ3) is 4.27. The van der Waals surface area contributed by atoms with Gasteiger partial charge in [-0.25, -0.2) is 23.7 Å². The Bertz CT molecular complexity index is 1190. The predicted molar refractivity (Wildman–Crippen MR) is 117 cm³/mol. The number of hydrogen-bond donors (Lipinski definition) is 3. The van der Waals surface area contributed by atoms with Gasteiger partial charge in [-0.15, -0.1) is 0 Å². The number of imidazole rings is 2. The van der Waals surface area contributed by atoms with Crippen LogP contribution in [0.25, 0.3) is 28.3 Å². The van der Waals surface area contributed by atoms with Crippen LogP contribution in [-0.2, 0) is 0 Å². The Labute approximate surface area is 179 Å². The molecule has 0 aliphatic rings. The van der Waals surface area contributed by atoms with E-state index in [1.165, 1.54) is 0 Å². The van der Waals surface area contributed by atoms with Crippen molar-refractivity contribution in [1.29, 1.82) is 0 Å². The number of likely N-dealkylation sites (N-methyl/N-ethyl adjacent to an activating group) is 1. The maximum Gasteiger partial charge on any atom is 0.168 e. The number of aromatic nitrogens is 5. The maximum absolute atomic E-state index is 14.7. The van der Waals surface area contributed by atoms with Gasteiger partial charge < -0.3 is 15.6 Å². The Kier molecular flexibility index (Phi) is 5.94. The van der Waals surface area contributed by atoms with Crippen molar-refractivity contribution in [2.45, 2.75) is 32.7 Å². The first kappa shape index (κ1) is 20.9. The molecule has 0 aliphatic heterocycles. The lowest BCUT2D eigenvalue weighted by Crippen LogP contribution is -2.31. The smallest absolute Gasteiger partial charge is 0.168 e. The van der Waals surface area contributed by atoms with Crippen LogP contribution in [0.2, 0.25) is 0 Å². The molecule has 162 valence electrons. The van der Waals surface area contributed by atoms with Crippen LogP contribution in [0, 0.1) is 18.6 Å². The van der Waals surface area contributed by atoms with Gasteiger partial charge in [-0.1, -0.05) is 13.3 Å². The third-order valence-electron chi connectivity index (χ3n) is 5.13. The molecule has 0 saturated heterocycles. The lowest BCUT2D eigenvalue weighted by atomic mass is 10.1. The van der Waals surface area contributed by atoms with Gasteiger partial charge in [0.2, 0.25) is 0 Å². The highest BCUT2D eigenvalue weighted by Crippen LogP contribution is 2.28. The highest BCUT2D eigenvalue weighted by atomic mass is 19.1. The molecule has 31 heavy (non-hydrogen) atoms. The molecule has 0 aromatic carbocycles. The van der Waals surface area contributed by atoms with E-state index in [0.29, 0.717) is 17.9 Å². The molecule has 1 unspecified atom stereocenters. The van der Waals surface area contributed by atoms with Crippen molar-refractivity contribution in [3.05, 3.63) is 54.2 Å². The lowest BCUT2D eigenvalue weighted by Gasteiger charge is -2.19. The van der Waals surface area contributed by atoms with Crippen molar-refractivity contribution in [2.24, 2.45) is 0 Å². The number of anilines is 1. The molecule has 0 radical (unpaired) electrons. The number of halogens is 2. The first-order valence-corrected chi connectivity index (χ1v) is 10.3. The first-order valence-electron chi connectivity index (χ1n) is 10.3. The average molecular weight is 425 g/mol. The van der Waals surface area contributed by atoms with Gasteiger partial charge in [0.1, 0.15) is 17.2 Å². The van der Waals surface area contributed by atoms with Crippen molar-refractivity contribution in [3.63, 3.8) is 0 Å². The summed E-state index contributed by atoms with van der Waals surface area (Å²) in [7, 11) is 1.83. The highest BCUT2D eigenvalue weighted by Gasteiger charge is 2.19. The second kappa shape index (κ2) is 8.81. The summed E-state index contributed by atoms with van der Waals surface area (Å²) in [5, 5.41) is 6.19. The largest absolute Gasteiger partial charge is 0.364 e. The summed E-state index contributed by atoms with van der Waals surface area (Å²) >= 11 is 0. The summed E-state index contributed by atoms with van der Waals surface area (Å²) in [6.07, 6.45) is 6.85. The summed E-state index contributed by atoms with van der Waals surface area (Å²) in [4.78, 5) is 16.1. The Morgan fingerprint density at radius 2 is 2.00 bits per heavy atom. The van der Waals surface area contributed by atoms with Crippen LogP contribution < -0.4 is 10.6 Å². The Hall–Kier alpha value is -3.33. The molecule has 4 rings (SSSR count). The van der Waals surface area contributed by atoms with Crippen LogP contribution in [-0.4, -0.2) is 44.0 Å². The molecule has 0 aliphatic carbocycles. The molecule has 4 aromatic heterocycles. The van der Waals surface area contributed by atoms with Gasteiger partial charge in [0.05, 0.1) is 23.8 Å². The van der Waals surface area contributed by atoms with E-state index in [0.717, 1.165) is 36.0 Å². The quantitative estimate of drug-likeness (QED) is 0.395. The Balaban J connectivity index is 1.71. The number of hydrogen-bond acceptors (Lipinski definition) is 5. The molecule has 0 fully saturated rings. The van der Waals surface area contributed by atoms with Crippen molar-refractivity contribution in [2.75, 3.05) is 18.9 Å². The van der Waals surface area contributed by atoms with Crippen LogP contribution in [0.1, 0.15) is 25.6 Å². The molecule has 1 atom stereocenters. The molecule has 0 saturated carbocycles. The minimum atomic E-state index is -0.737. The molecular formula is C22H25F2N7. The standard InChI is InChI=1S/C22H25F2N7/c1-4-5-15(10-25-3)29-22-17(24)9-16(23)21(30-22)19-12-27-20-8-14(6-7-31(19)20)18-11-26-13(2)28-18/h6-9,11-12,15,25H,4-5,10H2,1-3H3,(H,26,28)(H,29,30). The van der Waals surface area contributed by atoms with Crippen molar-refractivity contribution < 1.29 is 8.78 Å². The SMILES string of the molecule is CCCC(CNC)Nc1nc(-c2cnc3cc(-c4cnc(C)[nH]4)ccn23)c(F)cc1F. The fraction of sp³-hybridized carbons (Fsp3) is 0.318. The van der Waals surface area contributed by atoms with E-state index in [9.17, 15) is 8.78 Å². The lowest BCUT2D eigenvalue weighted by molar-refractivity contribution is 0.562. The molecule has 7 nitrogen and oxygen atoms in total. The zero-order valence-corrected chi connectivity index (χ0v) is 17.7. The molecule has 0 spiro atoms. The zero-order valence-electron chi connectivity index (χ0n) is 17.7. The summed E-state index contributed by atoms with van der Waals surface area (Å²) in [5.74, 6) is -0.608. The molecule has 4 heterocycles. The van der Waals surface area contributed by atoms with Crippen LogP contribution in [0.15, 0.2) is 36.8 Å². The summed E-state index contributed by atoms with van der Waals surface area (Å²) in [6, 6.07) is 4.61. The molecule has 9 heteroatoms. The number of nitrogens with one attached hydrogen (secondary N) is 3. The molecule has 3 N–H and O–H groups in total. The minimum Gasteiger partial charge on any atom is -0.364 e. The van der Waals surface area contributed by atoms with Crippen LogP contribution in [0.4, 0.5) is 14.6 Å². The topological polar surface area (TPSA) is 82.9 Å². The number of aryl methyl sites for hydroxylation is 1. The normalized spacial score (nSPS) is 12.4. The fourth-order valence-electron chi connectivity index (χ4n) is 3.65. The Morgan fingerprint density at radius 1 is 1.16 bits per heavy atom. The third-order valence-corrected chi connectivity index (χ3v) is 5.13. The van der Waals surface area contributed by atoms with Gasteiger partial charge in [0, 0.05) is 30.4 Å². The maximum atomic E-state index is 14.7. The monoisotopic (exact) mass is 425 g/mol. The predicted octanol–water partition coefficient (Wildman–Crippen LogP) is 4.17. The number of H-pyrrole nitrogens is 1.